The lowest BCUT2D eigenvalue weighted by atomic mass is 10.1. The molecule has 0 fully saturated rings. The van der Waals surface area contributed by atoms with E-state index in [1.807, 2.05) is 24.4 Å². The summed E-state index contributed by atoms with van der Waals surface area (Å²) in [4.78, 5) is 5.25. The van der Waals surface area contributed by atoms with Gasteiger partial charge in [-0.25, -0.2) is 4.98 Å². The monoisotopic (exact) mass is 234 g/mol. The Hall–Kier alpha value is -1.55. The fourth-order valence-corrected chi connectivity index (χ4v) is 2.29. The van der Waals surface area contributed by atoms with Crippen molar-refractivity contribution in [1.29, 1.82) is 0 Å². The maximum atomic E-state index is 5.59. The first-order chi connectivity index (χ1) is 7.79. The van der Waals surface area contributed by atoms with Crippen LogP contribution in [-0.2, 0) is 12.8 Å². The van der Waals surface area contributed by atoms with Gasteiger partial charge in [-0.2, -0.15) is 0 Å². The summed E-state index contributed by atoms with van der Waals surface area (Å²) in [5.74, 6) is 0.944. The summed E-state index contributed by atoms with van der Waals surface area (Å²) in [5.41, 5.74) is 6.81. The molecule has 84 valence electrons. The van der Waals surface area contributed by atoms with Crippen LogP contribution in [0.1, 0.15) is 10.4 Å². The molecule has 0 aliphatic carbocycles. The maximum Gasteiger partial charge on any atom is 0.180 e. The van der Waals surface area contributed by atoms with Crippen LogP contribution < -0.4 is 10.5 Å². The predicted molar refractivity (Wildman–Crippen MR) is 66.9 cm³/mol. The first kappa shape index (κ1) is 11.0. The van der Waals surface area contributed by atoms with Crippen LogP contribution in [0.25, 0.3) is 0 Å². The van der Waals surface area contributed by atoms with Crippen molar-refractivity contribution < 1.29 is 4.74 Å². The molecule has 4 heteroatoms. The molecule has 1 aromatic heterocycles. The van der Waals surface area contributed by atoms with E-state index in [0.717, 1.165) is 18.6 Å². The third kappa shape index (κ3) is 2.52. The van der Waals surface area contributed by atoms with Crippen molar-refractivity contribution in [2.45, 2.75) is 12.8 Å². The van der Waals surface area contributed by atoms with Crippen molar-refractivity contribution in [2.75, 3.05) is 12.8 Å². The van der Waals surface area contributed by atoms with Gasteiger partial charge >= 0.3 is 0 Å². The van der Waals surface area contributed by atoms with Crippen LogP contribution in [-0.4, -0.2) is 12.1 Å². The fraction of sp³-hybridized carbons (Fsp3) is 0.250. The minimum Gasteiger partial charge on any atom is -0.496 e. The van der Waals surface area contributed by atoms with E-state index in [1.54, 1.807) is 18.4 Å². The topological polar surface area (TPSA) is 48.1 Å². The van der Waals surface area contributed by atoms with Crippen LogP contribution in [0.5, 0.6) is 5.75 Å². The summed E-state index contributed by atoms with van der Waals surface area (Å²) in [6.07, 6.45) is 3.75. The van der Waals surface area contributed by atoms with Crippen molar-refractivity contribution in [1.82, 2.24) is 4.98 Å². The predicted octanol–water partition coefficient (Wildman–Crippen LogP) is 2.52. The number of methoxy groups -OCH3 is 1. The molecular formula is C12H14N2OS. The van der Waals surface area contributed by atoms with Crippen molar-refractivity contribution >= 4 is 16.5 Å². The zero-order valence-corrected chi connectivity index (χ0v) is 9.96. The molecule has 2 N–H and O–H groups in total. The molecule has 1 heterocycles. The maximum absolute atomic E-state index is 5.59. The highest BCUT2D eigenvalue weighted by Gasteiger charge is 2.03. The molecule has 2 aromatic rings. The van der Waals surface area contributed by atoms with Gasteiger partial charge in [0.2, 0.25) is 0 Å². The summed E-state index contributed by atoms with van der Waals surface area (Å²) in [5, 5.41) is 0.634. The minimum atomic E-state index is 0.634. The normalized spacial score (nSPS) is 10.3. The van der Waals surface area contributed by atoms with Gasteiger partial charge in [0.05, 0.1) is 7.11 Å². The largest absolute Gasteiger partial charge is 0.496 e. The number of aromatic nitrogens is 1. The van der Waals surface area contributed by atoms with Gasteiger partial charge in [-0.3, -0.25) is 0 Å². The second-order valence-corrected chi connectivity index (χ2v) is 4.62. The lowest BCUT2D eigenvalue weighted by molar-refractivity contribution is 0.409. The minimum absolute atomic E-state index is 0.634. The fourth-order valence-electron chi connectivity index (χ4n) is 1.61. The van der Waals surface area contributed by atoms with Crippen molar-refractivity contribution in [3.05, 3.63) is 40.9 Å². The lowest BCUT2D eigenvalue weighted by Crippen LogP contribution is -1.93. The summed E-state index contributed by atoms with van der Waals surface area (Å²) in [6.45, 7) is 0. The number of nitrogen functional groups attached to an aromatic ring is 1. The van der Waals surface area contributed by atoms with E-state index < -0.39 is 0 Å². The number of nitrogens with zero attached hydrogens (tertiary/aromatic N) is 1. The number of aryl methyl sites for hydroxylation is 2. The van der Waals surface area contributed by atoms with E-state index in [4.69, 9.17) is 10.5 Å². The van der Waals surface area contributed by atoms with Gasteiger partial charge < -0.3 is 10.5 Å². The SMILES string of the molecule is COc1ccccc1CCc1cnc(N)s1. The number of rotatable bonds is 4. The highest BCUT2D eigenvalue weighted by molar-refractivity contribution is 7.15. The quantitative estimate of drug-likeness (QED) is 0.884. The Balaban J connectivity index is 2.04. The van der Waals surface area contributed by atoms with E-state index in [9.17, 15) is 0 Å². The Bertz CT molecular complexity index is 468. The van der Waals surface area contributed by atoms with Gasteiger partial charge in [-0.05, 0) is 24.5 Å². The highest BCUT2D eigenvalue weighted by Crippen LogP contribution is 2.21. The van der Waals surface area contributed by atoms with Crippen molar-refractivity contribution in [2.24, 2.45) is 0 Å². The number of nitrogens with two attached hydrogens (primary N) is 1. The number of anilines is 1. The summed E-state index contributed by atoms with van der Waals surface area (Å²) in [6, 6.07) is 8.07. The highest BCUT2D eigenvalue weighted by atomic mass is 32.1. The molecule has 2 rings (SSSR count). The number of benzene rings is 1. The van der Waals surface area contributed by atoms with Crippen LogP contribution >= 0.6 is 11.3 Å². The van der Waals surface area contributed by atoms with Crippen molar-refractivity contribution in [3.63, 3.8) is 0 Å². The second kappa shape index (κ2) is 4.99. The van der Waals surface area contributed by atoms with Crippen LogP contribution in [0.3, 0.4) is 0 Å². The van der Waals surface area contributed by atoms with Crippen LogP contribution in [0.2, 0.25) is 0 Å². The van der Waals surface area contributed by atoms with E-state index in [1.165, 1.54) is 10.4 Å². The molecule has 0 unspecified atom stereocenters. The summed E-state index contributed by atoms with van der Waals surface area (Å²) in [7, 11) is 1.70. The number of hydrogen-bond acceptors (Lipinski definition) is 4. The van der Waals surface area contributed by atoms with Gasteiger partial charge in [0.1, 0.15) is 5.75 Å². The van der Waals surface area contributed by atoms with Gasteiger partial charge in [0.25, 0.3) is 0 Å². The second-order valence-electron chi connectivity index (χ2n) is 3.48. The molecule has 0 saturated heterocycles. The van der Waals surface area contributed by atoms with Crippen LogP contribution in [0, 0.1) is 0 Å². The Morgan fingerprint density at radius 1 is 1.31 bits per heavy atom. The number of ether oxygens (including phenoxy) is 1. The molecule has 16 heavy (non-hydrogen) atoms. The summed E-state index contributed by atoms with van der Waals surface area (Å²) >= 11 is 1.55. The zero-order valence-electron chi connectivity index (χ0n) is 9.14. The molecule has 0 bridgehead atoms. The molecule has 0 radical (unpaired) electrons. The smallest absolute Gasteiger partial charge is 0.180 e. The number of hydrogen-bond donors (Lipinski definition) is 1. The van der Waals surface area contributed by atoms with Crippen molar-refractivity contribution in [3.8, 4) is 5.75 Å². The van der Waals surface area contributed by atoms with Gasteiger partial charge in [-0.1, -0.05) is 18.2 Å². The Labute approximate surface area is 98.9 Å². The number of para-hydroxylation sites is 1. The Kier molecular flexibility index (Phi) is 3.41. The van der Waals surface area contributed by atoms with Gasteiger partial charge in [0.15, 0.2) is 5.13 Å². The van der Waals surface area contributed by atoms with Gasteiger partial charge in [-0.15, -0.1) is 11.3 Å². The van der Waals surface area contributed by atoms with E-state index in [-0.39, 0.29) is 0 Å². The van der Waals surface area contributed by atoms with E-state index >= 15 is 0 Å². The van der Waals surface area contributed by atoms with E-state index in [2.05, 4.69) is 11.1 Å². The van der Waals surface area contributed by atoms with Gasteiger partial charge in [0, 0.05) is 11.1 Å². The average Bonchev–Trinajstić information content (AvgIpc) is 2.73. The lowest BCUT2D eigenvalue weighted by Gasteiger charge is -2.06. The molecule has 0 aliphatic heterocycles. The molecule has 0 spiro atoms. The molecule has 0 amide bonds. The zero-order chi connectivity index (χ0) is 11.4. The molecule has 0 aliphatic rings. The molecule has 3 nitrogen and oxygen atoms in total. The van der Waals surface area contributed by atoms with Crippen LogP contribution in [0.15, 0.2) is 30.5 Å². The molecule has 0 saturated carbocycles. The molecule has 1 aromatic carbocycles. The standard InChI is InChI=1S/C12H14N2OS/c1-15-11-5-3-2-4-9(11)6-7-10-8-14-12(13)16-10/h2-5,8H,6-7H2,1H3,(H2,13,14). The summed E-state index contributed by atoms with van der Waals surface area (Å²) < 4.78 is 5.30. The third-order valence-corrected chi connectivity index (χ3v) is 3.29. The molecule has 0 atom stereocenters. The van der Waals surface area contributed by atoms with Crippen LogP contribution in [0.4, 0.5) is 5.13 Å². The Morgan fingerprint density at radius 2 is 2.12 bits per heavy atom. The third-order valence-electron chi connectivity index (χ3n) is 2.40. The Morgan fingerprint density at radius 3 is 2.81 bits per heavy atom. The molecular weight excluding hydrogens is 220 g/mol. The first-order valence-corrected chi connectivity index (χ1v) is 5.93. The average molecular weight is 234 g/mol. The number of thiazole rings is 1. The first-order valence-electron chi connectivity index (χ1n) is 5.11. The van der Waals surface area contributed by atoms with E-state index in [0.29, 0.717) is 5.13 Å².